The predicted molar refractivity (Wildman–Crippen MR) is 88.2 cm³/mol. The van der Waals surface area contributed by atoms with Crippen LogP contribution in [0.3, 0.4) is 0 Å². The fourth-order valence-corrected chi connectivity index (χ4v) is 5.27. The molecule has 1 N–H and O–H groups in total. The molecule has 1 aromatic rings. The van der Waals surface area contributed by atoms with E-state index < -0.39 is 0 Å². The van der Waals surface area contributed by atoms with Gasteiger partial charge in [0.1, 0.15) is 5.75 Å². The molecule has 2 nitrogen and oxygen atoms in total. The lowest BCUT2D eigenvalue weighted by molar-refractivity contribution is 0.204. The van der Waals surface area contributed by atoms with Crippen LogP contribution in [0.15, 0.2) is 29.3 Å². The number of hydrogen-bond donors (Lipinski definition) is 1. The molecule has 0 amide bonds. The molecule has 0 bridgehead atoms. The molecule has 0 radical (unpaired) electrons. The SMILES string of the molecule is COc1ccc2c(c1)CC[C@H]1C3=C(CC[C@H]21)[C@@H](C)[C@H](CO)C3. The van der Waals surface area contributed by atoms with Gasteiger partial charge in [0.25, 0.3) is 0 Å². The molecule has 0 aliphatic heterocycles. The third-order valence-electron chi connectivity index (χ3n) is 6.52. The highest BCUT2D eigenvalue weighted by Crippen LogP contribution is 2.54. The van der Waals surface area contributed by atoms with Gasteiger partial charge in [0.15, 0.2) is 0 Å². The van der Waals surface area contributed by atoms with Crippen LogP contribution in [0.25, 0.3) is 0 Å². The molecule has 0 fully saturated rings. The molecule has 118 valence electrons. The molecule has 22 heavy (non-hydrogen) atoms. The number of rotatable bonds is 2. The van der Waals surface area contributed by atoms with Crippen LogP contribution in [0, 0.1) is 17.8 Å². The lowest BCUT2D eigenvalue weighted by atomic mass is 9.66. The Bertz CT molecular complexity index is 616. The summed E-state index contributed by atoms with van der Waals surface area (Å²) in [7, 11) is 1.75. The van der Waals surface area contributed by atoms with E-state index >= 15 is 0 Å². The van der Waals surface area contributed by atoms with Crippen LogP contribution in [0.5, 0.6) is 5.75 Å². The summed E-state index contributed by atoms with van der Waals surface area (Å²) in [5.41, 5.74) is 6.46. The Morgan fingerprint density at radius 2 is 1.95 bits per heavy atom. The molecule has 3 aliphatic rings. The van der Waals surface area contributed by atoms with Gasteiger partial charge in [-0.2, -0.15) is 0 Å². The van der Waals surface area contributed by atoms with Gasteiger partial charge in [0.05, 0.1) is 7.11 Å². The smallest absolute Gasteiger partial charge is 0.119 e. The number of fused-ring (bicyclic) bond motifs is 4. The number of ether oxygens (including phenoxy) is 1. The Balaban J connectivity index is 1.68. The molecule has 4 rings (SSSR count). The Hall–Kier alpha value is -1.28. The molecule has 1 aromatic carbocycles. The number of aliphatic hydroxyl groups excluding tert-OH is 1. The number of hydrogen-bond acceptors (Lipinski definition) is 2. The number of aliphatic hydroxyl groups is 1. The summed E-state index contributed by atoms with van der Waals surface area (Å²) in [5.74, 6) is 3.48. The Morgan fingerprint density at radius 3 is 2.73 bits per heavy atom. The summed E-state index contributed by atoms with van der Waals surface area (Å²) < 4.78 is 5.39. The number of methoxy groups -OCH3 is 1. The maximum absolute atomic E-state index is 9.65. The maximum Gasteiger partial charge on any atom is 0.119 e. The van der Waals surface area contributed by atoms with Gasteiger partial charge in [-0.05, 0) is 79.0 Å². The second-order valence-electron chi connectivity index (χ2n) is 7.34. The second kappa shape index (κ2) is 5.42. The summed E-state index contributed by atoms with van der Waals surface area (Å²) in [5, 5.41) is 9.65. The van der Waals surface area contributed by atoms with Gasteiger partial charge in [-0.1, -0.05) is 24.1 Å². The average molecular weight is 298 g/mol. The minimum Gasteiger partial charge on any atom is -0.497 e. The normalized spacial score (nSPS) is 33.2. The molecule has 3 aliphatic carbocycles. The zero-order valence-electron chi connectivity index (χ0n) is 13.6. The van der Waals surface area contributed by atoms with Gasteiger partial charge >= 0.3 is 0 Å². The van der Waals surface area contributed by atoms with Gasteiger partial charge in [0.2, 0.25) is 0 Å². The van der Waals surface area contributed by atoms with Crippen molar-refractivity contribution in [2.45, 2.75) is 44.9 Å². The average Bonchev–Trinajstić information content (AvgIpc) is 2.90. The van der Waals surface area contributed by atoms with Gasteiger partial charge in [0, 0.05) is 6.61 Å². The van der Waals surface area contributed by atoms with Crippen LogP contribution in [0.4, 0.5) is 0 Å². The van der Waals surface area contributed by atoms with Crippen molar-refractivity contribution in [3.05, 3.63) is 40.5 Å². The summed E-state index contributed by atoms with van der Waals surface area (Å²) in [6.45, 7) is 2.67. The van der Waals surface area contributed by atoms with Crippen molar-refractivity contribution >= 4 is 0 Å². The second-order valence-corrected chi connectivity index (χ2v) is 7.34. The first-order valence-electron chi connectivity index (χ1n) is 8.72. The lowest BCUT2D eigenvalue weighted by Gasteiger charge is -2.39. The molecule has 2 heteroatoms. The van der Waals surface area contributed by atoms with E-state index in [1.54, 1.807) is 23.8 Å². The zero-order chi connectivity index (χ0) is 15.3. The third-order valence-corrected chi connectivity index (χ3v) is 6.52. The van der Waals surface area contributed by atoms with Crippen LogP contribution < -0.4 is 4.74 Å². The lowest BCUT2D eigenvalue weighted by Crippen LogP contribution is -2.26. The number of aryl methyl sites for hydroxylation is 1. The van der Waals surface area contributed by atoms with E-state index in [4.69, 9.17) is 4.74 Å². The van der Waals surface area contributed by atoms with E-state index in [1.165, 1.54) is 31.2 Å². The third kappa shape index (κ3) is 2.04. The van der Waals surface area contributed by atoms with Crippen molar-refractivity contribution in [1.29, 1.82) is 0 Å². The largest absolute Gasteiger partial charge is 0.497 e. The molecular weight excluding hydrogens is 272 g/mol. The van der Waals surface area contributed by atoms with E-state index in [9.17, 15) is 5.11 Å². The summed E-state index contributed by atoms with van der Waals surface area (Å²) >= 11 is 0. The van der Waals surface area contributed by atoms with Crippen LogP contribution in [0.1, 0.15) is 49.7 Å². The van der Waals surface area contributed by atoms with Gasteiger partial charge in [-0.25, -0.2) is 0 Å². The summed E-state index contributed by atoms with van der Waals surface area (Å²) in [4.78, 5) is 0. The molecule has 0 saturated heterocycles. The summed E-state index contributed by atoms with van der Waals surface area (Å²) in [6.07, 6.45) is 6.10. The molecule has 0 aromatic heterocycles. The molecule has 0 unspecified atom stereocenters. The predicted octanol–water partition coefficient (Wildman–Crippen LogP) is 4.08. The Labute approximate surface area is 133 Å². The first-order valence-corrected chi connectivity index (χ1v) is 8.72. The van der Waals surface area contributed by atoms with Crippen molar-refractivity contribution in [1.82, 2.24) is 0 Å². The molecule has 0 heterocycles. The molecule has 0 spiro atoms. The van der Waals surface area contributed by atoms with Crippen LogP contribution >= 0.6 is 0 Å². The minimum atomic E-state index is 0.347. The van der Waals surface area contributed by atoms with E-state index in [1.807, 2.05) is 0 Å². The highest BCUT2D eigenvalue weighted by Gasteiger charge is 2.42. The molecule has 4 atom stereocenters. The van der Waals surface area contributed by atoms with E-state index in [0.717, 1.165) is 18.1 Å². The van der Waals surface area contributed by atoms with E-state index in [-0.39, 0.29) is 0 Å². The van der Waals surface area contributed by atoms with Crippen LogP contribution in [-0.4, -0.2) is 18.8 Å². The van der Waals surface area contributed by atoms with Crippen molar-refractivity contribution in [3.63, 3.8) is 0 Å². The van der Waals surface area contributed by atoms with Gasteiger partial charge in [-0.3, -0.25) is 0 Å². The fourth-order valence-electron chi connectivity index (χ4n) is 5.27. The number of allylic oxidation sites excluding steroid dienone is 2. The van der Waals surface area contributed by atoms with Crippen molar-refractivity contribution in [2.24, 2.45) is 17.8 Å². The fraction of sp³-hybridized carbons (Fsp3) is 0.600. The quantitative estimate of drug-likeness (QED) is 0.834. The first-order chi connectivity index (χ1) is 10.7. The standard InChI is InChI=1S/C20H26O2/c1-12-14(11-21)10-20-16(12)7-8-18-17-6-4-15(22-2)9-13(17)3-5-19(18)20/h4,6,9,12,14,18-19,21H,3,5,7-8,10-11H2,1-2H3/t12-,14-,18+,19+/m0/s1. The monoisotopic (exact) mass is 298 g/mol. The zero-order valence-corrected chi connectivity index (χ0v) is 13.6. The van der Waals surface area contributed by atoms with Crippen molar-refractivity contribution in [2.75, 3.05) is 13.7 Å². The minimum absolute atomic E-state index is 0.347. The number of benzene rings is 1. The van der Waals surface area contributed by atoms with Crippen molar-refractivity contribution < 1.29 is 9.84 Å². The molecule has 0 saturated carbocycles. The summed E-state index contributed by atoms with van der Waals surface area (Å²) in [6, 6.07) is 6.67. The van der Waals surface area contributed by atoms with Crippen molar-refractivity contribution in [3.8, 4) is 5.75 Å². The highest BCUT2D eigenvalue weighted by molar-refractivity contribution is 5.44. The topological polar surface area (TPSA) is 29.5 Å². The maximum atomic E-state index is 9.65. The van der Waals surface area contributed by atoms with Gasteiger partial charge < -0.3 is 9.84 Å². The van der Waals surface area contributed by atoms with Crippen LogP contribution in [-0.2, 0) is 6.42 Å². The molecular formula is C20H26O2. The first kappa shape index (κ1) is 14.3. The van der Waals surface area contributed by atoms with Gasteiger partial charge in [-0.15, -0.1) is 0 Å². The van der Waals surface area contributed by atoms with Crippen LogP contribution in [0.2, 0.25) is 0 Å². The Morgan fingerprint density at radius 1 is 1.14 bits per heavy atom. The Kier molecular flexibility index (Phi) is 3.53. The highest BCUT2D eigenvalue weighted by atomic mass is 16.5. The van der Waals surface area contributed by atoms with E-state index in [2.05, 4.69) is 25.1 Å². The van der Waals surface area contributed by atoms with E-state index in [0.29, 0.717) is 24.4 Å².